The van der Waals surface area contributed by atoms with E-state index in [4.69, 9.17) is 9.47 Å². The summed E-state index contributed by atoms with van der Waals surface area (Å²) in [5.74, 6) is -3.84. The van der Waals surface area contributed by atoms with Crippen molar-refractivity contribution in [1.29, 1.82) is 0 Å². The van der Waals surface area contributed by atoms with E-state index in [0.29, 0.717) is 43.7 Å². The van der Waals surface area contributed by atoms with E-state index in [1.807, 2.05) is 25.1 Å². The second-order valence-electron chi connectivity index (χ2n) is 11.0. The van der Waals surface area contributed by atoms with Gasteiger partial charge in [0, 0.05) is 49.3 Å². The van der Waals surface area contributed by atoms with Gasteiger partial charge in [-0.3, -0.25) is 14.4 Å². The Morgan fingerprint density at radius 1 is 0.933 bits per heavy atom. The Morgan fingerprint density at radius 2 is 1.60 bits per heavy atom. The van der Waals surface area contributed by atoms with Gasteiger partial charge in [-0.1, -0.05) is 12.1 Å². The molecule has 1 fully saturated rings. The molecule has 0 aliphatic carbocycles. The minimum absolute atomic E-state index is 0.00416. The van der Waals surface area contributed by atoms with Gasteiger partial charge in [-0.25, -0.2) is 14.0 Å². The van der Waals surface area contributed by atoms with Crippen molar-refractivity contribution in [1.82, 2.24) is 4.90 Å². The van der Waals surface area contributed by atoms with E-state index >= 15 is 0 Å². The molecular weight excluding hydrogens is 581 g/mol. The molecule has 232 valence electrons. The first-order valence-corrected chi connectivity index (χ1v) is 14.6. The third kappa shape index (κ3) is 7.50. The summed E-state index contributed by atoms with van der Waals surface area (Å²) in [6.07, 6.45) is 3.04. The minimum Gasteiger partial charge on any atom is -0.418 e. The van der Waals surface area contributed by atoms with Gasteiger partial charge < -0.3 is 24.6 Å². The number of ether oxygens (including phenoxy) is 2. The molecule has 10 nitrogen and oxygen atoms in total. The van der Waals surface area contributed by atoms with Crippen molar-refractivity contribution in [2.75, 3.05) is 36.4 Å². The third-order valence-electron chi connectivity index (χ3n) is 7.70. The second-order valence-corrected chi connectivity index (χ2v) is 11.0. The Hall–Kier alpha value is -5.16. The number of Topliss-reactive ketones (excluding diaryl/α,β-unsaturated/α-hetero) is 1. The van der Waals surface area contributed by atoms with Crippen molar-refractivity contribution in [3.8, 4) is 11.5 Å². The SMILES string of the molecule is CC(=O)Nc1ccc(C(=O)N(CCN2CCC(C(=O)c3ccc(F)cc3)CC2)c2cccc(C)c2)c2c1OC(=O)/C=C/C(=O)O2. The summed E-state index contributed by atoms with van der Waals surface area (Å²) in [7, 11) is 0. The fourth-order valence-corrected chi connectivity index (χ4v) is 5.43. The van der Waals surface area contributed by atoms with Crippen LogP contribution in [0.3, 0.4) is 0 Å². The first-order valence-electron chi connectivity index (χ1n) is 14.6. The molecule has 0 saturated carbocycles. The number of piperidine rings is 1. The lowest BCUT2D eigenvalue weighted by atomic mass is 9.89. The molecule has 0 unspecified atom stereocenters. The third-order valence-corrected chi connectivity index (χ3v) is 7.70. The summed E-state index contributed by atoms with van der Waals surface area (Å²) in [4.78, 5) is 67.5. The first-order chi connectivity index (χ1) is 21.6. The summed E-state index contributed by atoms with van der Waals surface area (Å²) in [6.45, 7) is 5.18. The number of carbonyl (C=O) groups excluding carboxylic acids is 5. The van der Waals surface area contributed by atoms with E-state index in [1.165, 1.54) is 43.3 Å². The maximum absolute atomic E-state index is 14.2. The van der Waals surface area contributed by atoms with Crippen LogP contribution in [0.25, 0.3) is 0 Å². The number of hydrogen-bond acceptors (Lipinski definition) is 8. The number of nitrogens with one attached hydrogen (secondary N) is 1. The molecule has 2 amide bonds. The summed E-state index contributed by atoms with van der Waals surface area (Å²) >= 11 is 0. The van der Waals surface area contributed by atoms with Crippen molar-refractivity contribution >= 4 is 40.9 Å². The fourth-order valence-electron chi connectivity index (χ4n) is 5.43. The predicted molar refractivity (Wildman–Crippen MR) is 164 cm³/mol. The molecule has 5 rings (SSSR count). The predicted octanol–water partition coefficient (Wildman–Crippen LogP) is 4.71. The van der Waals surface area contributed by atoms with Gasteiger partial charge in [-0.05, 0) is 86.9 Å². The molecule has 1 saturated heterocycles. The standard InChI is InChI=1S/C34H32FN3O7/c1-21-4-3-5-26(20-21)38(19-18-37-16-14-24(15-17-37)31(42)23-6-8-25(35)9-7-23)34(43)27-10-11-28(36-22(2)39)33-32(27)44-29(40)12-13-30(41)45-33/h3-13,20,24H,14-19H2,1-2H3,(H,36,39)/b13-12+. The lowest BCUT2D eigenvalue weighted by Gasteiger charge is -2.33. The highest BCUT2D eigenvalue weighted by atomic mass is 19.1. The largest absolute Gasteiger partial charge is 0.418 e. The van der Waals surface area contributed by atoms with E-state index in [0.717, 1.165) is 17.7 Å². The number of halogens is 1. The number of likely N-dealkylation sites (tertiary alicyclic amines) is 1. The molecule has 45 heavy (non-hydrogen) atoms. The van der Waals surface area contributed by atoms with Crippen LogP contribution in [0.5, 0.6) is 11.5 Å². The van der Waals surface area contributed by atoms with Crippen LogP contribution >= 0.6 is 0 Å². The maximum Gasteiger partial charge on any atom is 0.336 e. The van der Waals surface area contributed by atoms with Gasteiger partial charge in [0.1, 0.15) is 5.82 Å². The van der Waals surface area contributed by atoms with Crippen LogP contribution in [-0.2, 0) is 14.4 Å². The van der Waals surface area contributed by atoms with Crippen LogP contribution < -0.4 is 19.7 Å². The number of aryl methyl sites for hydroxylation is 1. The normalized spacial score (nSPS) is 16.0. The molecule has 0 aromatic heterocycles. The van der Waals surface area contributed by atoms with Crippen LogP contribution in [0.1, 0.15) is 46.0 Å². The van der Waals surface area contributed by atoms with Gasteiger partial charge in [0.25, 0.3) is 5.91 Å². The van der Waals surface area contributed by atoms with E-state index in [1.54, 1.807) is 11.0 Å². The molecule has 0 radical (unpaired) electrons. The fraction of sp³-hybridized carbons (Fsp3) is 0.265. The molecule has 0 atom stereocenters. The van der Waals surface area contributed by atoms with Crippen molar-refractivity contribution in [3.63, 3.8) is 0 Å². The van der Waals surface area contributed by atoms with Gasteiger partial charge in [0.15, 0.2) is 17.3 Å². The van der Waals surface area contributed by atoms with Crippen molar-refractivity contribution < 1.29 is 37.8 Å². The molecule has 1 N–H and O–H groups in total. The highest BCUT2D eigenvalue weighted by molar-refractivity contribution is 6.11. The van der Waals surface area contributed by atoms with Crippen molar-refractivity contribution in [2.24, 2.45) is 5.92 Å². The minimum atomic E-state index is -0.887. The molecule has 2 aliphatic heterocycles. The van der Waals surface area contributed by atoms with Gasteiger partial charge in [-0.15, -0.1) is 0 Å². The number of ketones is 1. The molecular formula is C34H32FN3O7. The lowest BCUT2D eigenvalue weighted by Crippen LogP contribution is -2.43. The number of hydrogen-bond donors (Lipinski definition) is 1. The van der Waals surface area contributed by atoms with Crippen molar-refractivity contribution in [2.45, 2.75) is 26.7 Å². The Labute approximate surface area is 259 Å². The number of esters is 2. The van der Waals surface area contributed by atoms with Crippen LogP contribution in [0.15, 0.2) is 72.8 Å². The first kappa shape index (κ1) is 31.3. The van der Waals surface area contributed by atoms with Crippen LogP contribution in [-0.4, -0.2) is 60.6 Å². The van der Waals surface area contributed by atoms with Gasteiger partial charge >= 0.3 is 11.9 Å². The summed E-state index contributed by atoms with van der Waals surface area (Å²) < 4.78 is 24.2. The summed E-state index contributed by atoms with van der Waals surface area (Å²) in [5, 5.41) is 2.54. The van der Waals surface area contributed by atoms with E-state index < -0.39 is 23.8 Å². The van der Waals surface area contributed by atoms with Crippen LogP contribution in [0.4, 0.5) is 15.8 Å². The zero-order chi connectivity index (χ0) is 32.1. The number of amides is 2. The zero-order valence-corrected chi connectivity index (χ0v) is 24.9. The molecule has 0 bridgehead atoms. The second kappa shape index (κ2) is 13.6. The molecule has 3 aromatic carbocycles. The Balaban J connectivity index is 1.38. The molecule has 2 heterocycles. The Bertz CT molecular complexity index is 1680. The highest BCUT2D eigenvalue weighted by Crippen LogP contribution is 2.41. The molecule has 2 aliphatic rings. The lowest BCUT2D eigenvalue weighted by molar-refractivity contribution is -0.133. The number of nitrogens with zero attached hydrogens (tertiary/aromatic N) is 2. The van der Waals surface area contributed by atoms with E-state index in [2.05, 4.69) is 10.2 Å². The highest BCUT2D eigenvalue weighted by Gasteiger charge is 2.31. The quantitative estimate of drug-likeness (QED) is 0.220. The zero-order valence-electron chi connectivity index (χ0n) is 24.9. The van der Waals surface area contributed by atoms with Gasteiger partial charge in [0.2, 0.25) is 5.91 Å². The van der Waals surface area contributed by atoms with Crippen LogP contribution in [0.2, 0.25) is 0 Å². The van der Waals surface area contributed by atoms with E-state index in [9.17, 15) is 28.4 Å². The molecule has 0 spiro atoms. The molecule has 11 heteroatoms. The number of benzene rings is 3. The number of fused-ring (bicyclic) bond motifs is 1. The smallest absolute Gasteiger partial charge is 0.336 e. The Kier molecular flexibility index (Phi) is 9.48. The average Bonchev–Trinajstić information content (AvgIpc) is 3.01. The number of anilines is 2. The van der Waals surface area contributed by atoms with Crippen molar-refractivity contribution in [3.05, 3.63) is 95.3 Å². The Morgan fingerprint density at radius 3 is 2.24 bits per heavy atom. The van der Waals surface area contributed by atoms with Crippen LogP contribution in [0, 0.1) is 18.7 Å². The maximum atomic E-state index is 14.2. The van der Waals surface area contributed by atoms with Gasteiger partial charge in [0.05, 0.1) is 11.3 Å². The summed E-state index contributed by atoms with van der Waals surface area (Å²) in [5.41, 5.74) is 2.04. The van der Waals surface area contributed by atoms with E-state index in [-0.39, 0.29) is 46.8 Å². The average molecular weight is 614 g/mol. The van der Waals surface area contributed by atoms with Gasteiger partial charge in [-0.2, -0.15) is 0 Å². The number of carbonyl (C=O) groups is 5. The monoisotopic (exact) mass is 613 g/mol. The summed E-state index contributed by atoms with van der Waals surface area (Å²) in [6, 6.07) is 15.8. The molecule has 3 aromatic rings. The topological polar surface area (TPSA) is 122 Å². The number of rotatable bonds is 8.